The van der Waals surface area contributed by atoms with E-state index >= 15 is 0 Å². The van der Waals surface area contributed by atoms with Crippen molar-refractivity contribution in [1.29, 1.82) is 0 Å². The zero-order valence-electron chi connectivity index (χ0n) is 24.7. The van der Waals surface area contributed by atoms with Gasteiger partial charge >= 0.3 is 7.48 Å². The van der Waals surface area contributed by atoms with Gasteiger partial charge in [0, 0.05) is 47.4 Å². The summed E-state index contributed by atoms with van der Waals surface area (Å²) in [6.07, 6.45) is 19.3. The van der Waals surface area contributed by atoms with Crippen LogP contribution in [0.3, 0.4) is 0 Å². The minimum atomic E-state index is -1.20. The van der Waals surface area contributed by atoms with E-state index in [0.29, 0.717) is 36.4 Å². The minimum absolute atomic E-state index is 0.0861. The highest BCUT2D eigenvalue weighted by molar-refractivity contribution is 6.47. The standard InChI is InChI=1S/C37H34BF3N2O2/c1-2-3-4-14-23-42(29-15-8-5-9-16-29)34-22-21-27(26-43(30-17-10-6-11-18-30)31-19-12-7-13-20-31)37(36(34)44)45-38-35-32(40)24-28(39)25-33(35)41/h2-15,17-25,29,36-38,44H,1,16,26H2/b4-3-,23-14+. The number of hydrogen-bond donors (Lipinski definition) is 1. The summed E-state index contributed by atoms with van der Waals surface area (Å²) in [6, 6.07) is 20.7. The third kappa shape index (κ3) is 7.84. The molecule has 0 amide bonds. The molecule has 2 aliphatic rings. The highest BCUT2D eigenvalue weighted by Crippen LogP contribution is 2.33. The van der Waals surface area contributed by atoms with E-state index in [1.807, 2.05) is 120 Å². The van der Waals surface area contributed by atoms with Crippen LogP contribution in [0.5, 0.6) is 0 Å². The molecule has 0 fully saturated rings. The summed E-state index contributed by atoms with van der Waals surface area (Å²) in [4.78, 5) is 4.05. The van der Waals surface area contributed by atoms with Gasteiger partial charge in [0.1, 0.15) is 23.6 Å². The number of para-hydroxylation sites is 2. The van der Waals surface area contributed by atoms with Crippen LogP contribution in [0, 0.1) is 17.5 Å². The third-order valence-corrected chi connectivity index (χ3v) is 7.63. The van der Waals surface area contributed by atoms with E-state index in [2.05, 4.69) is 11.5 Å². The highest BCUT2D eigenvalue weighted by atomic mass is 19.1. The van der Waals surface area contributed by atoms with E-state index in [-0.39, 0.29) is 6.04 Å². The second-order valence-electron chi connectivity index (χ2n) is 10.6. The first-order valence-electron chi connectivity index (χ1n) is 14.7. The maximum atomic E-state index is 14.7. The van der Waals surface area contributed by atoms with Crippen molar-refractivity contribution in [2.75, 3.05) is 11.4 Å². The predicted molar refractivity (Wildman–Crippen MR) is 177 cm³/mol. The van der Waals surface area contributed by atoms with Gasteiger partial charge in [0.05, 0.1) is 12.1 Å². The number of aliphatic hydroxyl groups is 1. The first-order chi connectivity index (χ1) is 22.0. The van der Waals surface area contributed by atoms with Crippen LogP contribution in [0.2, 0.25) is 0 Å². The normalized spacial score (nSPS) is 19.4. The Hall–Kier alpha value is -4.79. The van der Waals surface area contributed by atoms with E-state index in [0.717, 1.165) is 11.4 Å². The summed E-state index contributed by atoms with van der Waals surface area (Å²) in [5.41, 5.74) is 2.68. The molecule has 0 aromatic heterocycles. The molecule has 0 saturated carbocycles. The summed E-state index contributed by atoms with van der Waals surface area (Å²) in [6.45, 7) is 4.03. The molecule has 228 valence electrons. The molecule has 0 bridgehead atoms. The molecule has 0 radical (unpaired) electrons. The minimum Gasteiger partial charge on any atom is -0.425 e. The lowest BCUT2D eigenvalue weighted by molar-refractivity contribution is 0.0638. The zero-order valence-corrected chi connectivity index (χ0v) is 24.7. The Balaban J connectivity index is 1.54. The van der Waals surface area contributed by atoms with Crippen LogP contribution in [0.1, 0.15) is 6.42 Å². The predicted octanol–water partition coefficient (Wildman–Crippen LogP) is 6.93. The Bertz CT molecular complexity index is 1590. The van der Waals surface area contributed by atoms with Gasteiger partial charge in [-0.2, -0.15) is 0 Å². The Labute approximate surface area is 263 Å². The molecule has 8 heteroatoms. The van der Waals surface area contributed by atoms with Crippen molar-refractivity contribution in [2.45, 2.75) is 24.7 Å². The molecule has 3 aromatic rings. The highest BCUT2D eigenvalue weighted by Gasteiger charge is 2.35. The molecule has 3 unspecified atom stereocenters. The average molecular weight is 606 g/mol. The van der Waals surface area contributed by atoms with E-state index in [9.17, 15) is 18.3 Å². The molecule has 1 N–H and O–H groups in total. The number of aliphatic hydroxyl groups excluding tert-OH is 1. The number of benzene rings is 3. The molecule has 2 aliphatic carbocycles. The number of rotatable bonds is 12. The van der Waals surface area contributed by atoms with Gasteiger partial charge in [-0.05, 0) is 48.4 Å². The molecule has 3 aromatic carbocycles. The molecule has 3 atom stereocenters. The second kappa shape index (κ2) is 15.3. The number of hydrogen-bond acceptors (Lipinski definition) is 4. The van der Waals surface area contributed by atoms with Crippen molar-refractivity contribution in [3.05, 3.63) is 175 Å². The Morgan fingerprint density at radius 2 is 1.56 bits per heavy atom. The lowest BCUT2D eigenvalue weighted by Crippen LogP contribution is -2.46. The lowest BCUT2D eigenvalue weighted by atomic mass is 9.84. The molecular formula is C37H34BF3N2O2. The van der Waals surface area contributed by atoms with Crippen molar-refractivity contribution in [3.8, 4) is 0 Å². The van der Waals surface area contributed by atoms with Crippen LogP contribution in [0.25, 0.3) is 0 Å². The zero-order chi connectivity index (χ0) is 31.6. The smallest absolute Gasteiger partial charge is 0.315 e. The van der Waals surface area contributed by atoms with E-state index in [4.69, 9.17) is 4.65 Å². The quantitative estimate of drug-likeness (QED) is 0.179. The van der Waals surface area contributed by atoms with Crippen LogP contribution in [-0.4, -0.2) is 42.3 Å². The SMILES string of the molecule is C=C/C=C\C=C\N(C1=CC=C(CN(c2ccccc2)c2ccccc2)C(OBc2c(F)cc(F)cc2F)C1O)C1C=CC=CC1. The van der Waals surface area contributed by atoms with Gasteiger partial charge < -0.3 is 19.6 Å². The fourth-order valence-electron chi connectivity index (χ4n) is 5.38. The lowest BCUT2D eigenvalue weighted by Gasteiger charge is -2.40. The van der Waals surface area contributed by atoms with Crippen LogP contribution >= 0.6 is 0 Å². The van der Waals surface area contributed by atoms with Gasteiger partial charge in [0.2, 0.25) is 0 Å². The van der Waals surface area contributed by atoms with Gasteiger partial charge in [-0.15, -0.1) is 0 Å². The second-order valence-corrected chi connectivity index (χ2v) is 10.6. The molecule has 0 aliphatic heterocycles. The van der Waals surface area contributed by atoms with E-state index in [1.54, 1.807) is 12.2 Å². The summed E-state index contributed by atoms with van der Waals surface area (Å²) >= 11 is 0. The number of allylic oxidation sites excluding steroid dienone is 8. The van der Waals surface area contributed by atoms with Crippen LogP contribution < -0.4 is 10.4 Å². The summed E-state index contributed by atoms with van der Waals surface area (Å²) in [7, 11) is -0.509. The molecule has 0 saturated heterocycles. The first-order valence-corrected chi connectivity index (χ1v) is 14.7. The van der Waals surface area contributed by atoms with E-state index < -0.39 is 42.6 Å². The molecular weight excluding hydrogens is 572 g/mol. The average Bonchev–Trinajstić information content (AvgIpc) is 3.06. The van der Waals surface area contributed by atoms with Gasteiger partial charge in [-0.3, -0.25) is 0 Å². The van der Waals surface area contributed by atoms with E-state index in [1.165, 1.54) is 0 Å². The van der Waals surface area contributed by atoms with Gasteiger partial charge in [-0.25, -0.2) is 13.2 Å². The van der Waals surface area contributed by atoms with Crippen LogP contribution in [0.15, 0.2) is 158 Å². The van der Waals surface area contributed by atoms with Crippen molar-refractivity contribution in [2.24, 2.45) is 0 Å². The Morgan fingerprint density at radius 3 is 2.16 bits per heavy atom. The summed E-state index contributed by atoms with van der Waals surface area (Å²) in [5, 5.41) is 12.0. The largest absolute Gasteiger partial charge is 0.425 e. The van der Waals surface area contributed by atoms with Crippen molar-refractivity contribution in [1.82, 2.24) is 4.90 Å². The van der Waals surface area contributed by atoms with Crippen LogP contribution in [0.4, 0.5) is 24.5 Å². The monoisotopic (exact) mass is 606 g/mol. The fraction of sp³-hybridized carbons (Fsp3) is 0.135. The number of halogens is 3. The Kier molecular flexibility index (Phi) is 10.7. The molecule has 4 nitrogen and oxygen atoms in total. The van der Waals surface area contributed by atoms with Crippen LogP contribution in [-0.2, 0) is 4.65 Å². The maximum Gasteiger partial charge on any atom is 0.315 e. The Morgan fingerprint density at radius 1 is 0.889 bits per heavy atom. The van der Waals surface area contributed by atoms with Gasteiger partial charge in [0.25, 0.3) is 0 Å². The summed E-state index contributed by atoms with van der Waals surface area (Å²) in [5.74, 6) is -3.11. The molecule has 45 heavy (non-hydrogen) atoms. The molecule has 0 heterocycles. The maximum absolute atomic E-state index is 14.7. The van der Waals surface area contributed by atoms with Gasteiger partial charge in [0.15, 0.2) is 0 Å². The number of nitrogens with zero attached hydrogens (tertiary/aromatic N) is 2. The molecule has 0 spiro atoms. The first kappa shape index (κ1) is 31.6. The molecule has 5 rings (SSSR count). The topological polar surface area (TPSA) is 35.9 Å². The van der Waals surface area contributed by atoms with Crippen molar-refractivity contribution < 1.29 is 22.9 Å². The number of anilines is 2. The fourth-order valence-corrected chi connectivity index (χ4v) is 5.38. The van der Waals surface area contributed by atoms with Crippen molar-refractivity contribution in [3.63, 3.8) is 0 Å². The van der Waals surface area contributed by atoms with Crippen molar-refractivity contribution >= 4 is 24.3 Å². The summed E-state index contributed by atoms with van der Waals surface area (Å²) < 4.78 is 49.1. The van der Waals surface area contributed by atoms with Gasteiger partial charge in [-0.1, -0.05) is 91.6 Å². The third-order valence-electron chi connectivity index (χ3n) is 7.63.